The quantitative estimate of drug-likeness (QED) is 0.838. The molecule has 1 N–H and O–H groups in total. The Bertz CT molecular complexity index is 528. The van der Waals surface area contributed by atoms with Crippen molar-refractivity contribution in [1.82, 2.24) is 15.0 Å². The lowest BCUT2D eigenvalue weighted by Gasteiger charge is -1.98. The number of nitrogens with one attached hydrogen (secondary N) is 1. The first kappa shape index (κ1) is 11.4. The second-order valence-corrected chi connectivity index (χ2v) is 3.90. The summed E-state index contributed by atoms with van der Waals surface area (Å²) in [5.41, 5.74) is 0. The molecular weight excluding hydrogens is 247 g/mol. The highest BCUT2D eigenvalue weighted by Crippen LogP contribution is 2.21. The van der Waals surface area contributed by atoms with Crippen molar-refractivity contribution in [1.29, 1.82) is 0 Å². The molecule has 0 aromatic carbocycles. The molecule has 0 amide bonds. The molecule has 0 aliphatic carbocycles. The van der Waals surface area contributed by atoms with Gasteiger partial charge in [-0.15, -0.1) is 0 Å². The SMILES string of the molecule is COC(=O)c1cnc(Nc2ncc(F)cn2)s1. The van der Waals surface area contributed by atoms with Gasteiger partial charge in [-0.25, -0.2) is 24.1 Å². The molecule has 17 heavy (non-hydrogen) atoms. The van der Waals surface area contributed by atoms with Gasteiger partial charge in [-0.05, 0) is 0 Å². The van der Waals surface area contributed by atoms with Crippen molar-refractivity contribution in [2.24, 2.45) is 0 Å². The van der Waals surface area contributed by atoms with Gasteiger partial charge in [0.05, 0.1) is 25.7 Å². The summed E-state index contributed by atoms with van der Waals surface area (Å²) in [4.78, 5) is 22.9. The number of carbonyl (C=O) groups is 1. The maximum atomic E-state index is 12.6. The topological polar surface area (TPSA) is 77.0 Å². The van der Waals surface area contributed by atoms with Crippen LogP contribution in [-0.4, -0.2) is 28.0 Å². The molecule has 0 fully saturated rings. The van der Waals surface area contributed by atoms with Crippen LogP contribution >= 0.6 is 11.3 Å². The van der Waals surface area contributed by atoms with E-state index in [0.29, 0.717) is 10.0 Å². The van der Waals surface area contributed by atoms with E-state index in [0.717, 1.165) is 23.7 Å². The van der Waals surface area contributed by atoms with Gasteiger partial charge in [0.15, 0.2) is 10.9 Å². The van der Waals surface area contributed by atoms with Crippen molar-refractivity contribution < 1.29 is 13.9 Å². The van der Waals surface area contributed by atoms with Crippen LogP contribution < -0.4 is 5.32 Å². The van der Waals surface area contributed by atoms with E-state index >= 15 is 0 Å². The number of halogens is 1. The summed E-state index contributed by atoms with van der Waals surface area (Å²) in [6, 6.07) is 0. The fourth-order valence-corrected chi connectivity index (χ4v) is 1.73. The Hall–Kier alpha value is -2.09. The number of nitrogens with zero attached hydrogens (tertiary/aromatic N) is 3. The normalized spacial score (nSPS) is 10.0. The minimum atomic E-state index is -0.523. The Kier molecular flexibility index (Phi) is 3.24. The number of carbonyl (C=O) groups excluding carboxylic acids is 1. The molecule has 0 spiro atoms. The molecular formula is C9H7FN4O2S. The number of methoxy groups -OCH3 is 1. The molecule has 0 saturated carbocycles. The highest BCUT2D eigenvalue weighted by Gasteiger charge is 2.11. The largest absolute Gasteiger partial charge is 0.465 e. The summed E-state index contributed by atoms with van der Waals surface area (Å²) < 4.78 is 17.1. The third-order valence-corrected chi connectivity index (χ3v) is 2.62. The second kappa shape index (κ2) is 4.83. The minimum absolute atomic E-state index is 0.206. The minimum Gasteiger partial charge on any atom is -0.465 e. The first-order chi connectivity index (χ1) is 8.19. The van der Waals surface area contributed by atoms with Crippen LogP contribution in [0, 0.1) is 5.82 Å². The molecule has 0 aliphatic heterocycles. The van der Waals surface area contributed by atoms with E-state index in [2.05, 4.69) is 25.0 Å². The van der Waals surface area contributed by atoms with Crippen molar-refractivity contribution in [2.75, 3.05) is 12.4 Å². The molecule has 0 saturated heterocycles. The highest BCUT2D eigenvalue weighted by molar-refractivity contribution is 7.17. The number of esters is 1. The van der Waals surface area contributed by atoms with E-state index in [1.807, 2.05) is 0 Å². The molecule has 88 valence electrons. The van der Waals surface area contributed by atoms with Crippen LogP contribution in [0.25, 0.3) is 0 Å². The van der Waals surface area contributed by atoms with E-state index < -0.39 is 11.8 Å². The number of thiazole rings is 1. The summed E-state index contributed by atoms with van der Waals surface area (Å²) in [5.74, 6) is -0.780. The Labute approximate surface area is 99.5 Å². The molecule has 0 bridgehead atoms. The van der Waals surface area contributed by atoms with E-state index in [1.165, 1.54) is 13.3 Å². The Morgan fingerprint density at radius 1 is 1.35 bits per heavy atom. The standard InChI is InChI=1S/C9H7FN4O2S/c1-16-7(15)6-4-13-9(17-6)14-8-11-2-5(10)3-12-8/h2-4H,1H3,(H,11,12,13,14). The summed E-state index contributed by atoms with van der Waals surface area (Å²) in [6.07, 6.45) is 3.44. The lowest BCUT2D eigenvalue weighted by atomic mass is 10.6. The van der Waals surface area contributed by atoms with Crippen LogP contribution in [0.5, 0.6) is 0 Å². The van der Waals surface area contributed by atoms with E-state index in [-0.39, 0.29) is 5.95 Å². The number of aromatic nitrogens is 3. The Morgan fingerprint density at radius 3 is 2.71 bits per heavy atom. The fourth-order valence-electron chi connectivity index (χ4n) is 0.999. The van der Waals surface area contributed by atoms with Crippen molar-refractivity contribution in [3.05, 3.63) is 29.3 Å². The molecule has 0 atom stereocenters. The Morgan fingerprint density at radius 2 is 2.06 bits per heavy atom. The summed E-state index contributed by atoms with van der Waals surface area (Å²) >= 11 is 1.09. The van der Waals surface area contributed by atoms with E-state index in [1.54, 1.807) is 0 Å². The molecule has 2 aromatic rings. The average molecular weight is 254 g/mol. The van der Waals surface area contributed by atoms with Crippen molar-refractivity contribution in [3.63, 3.8) is 0 Å². The maximum absolute atomic E-state index is 12.6. The van der Waals surface area contributed by atoms with Crippen LogP contribution in [-0.2, 0) is 4.74 Å². The van der Waals surface area contributed by atoms with Gasteiger partial charge in [-0.1, -0.05) is 11.3 Å². The summed E-state index contributed by atoms with van der Waals surface area (Å²) in [6.45, 7) is 0. The fraction of sp³-hybridized carbons (Fsp3) is 0.111. The van der Waals surface area contributed by atoms with Gasteiger partial charge in [0.2, 0.25) is 5.95 Å². The van der Waals surface area contributed by atoms with Gasteiger partial charge < -0.3 is 10.1 Å². The van der Waals surface area contributed by atoms with Crippen molar-refractivity contribution in [3.8, 4) is 0 Å². The lowest BCUT2D eigenvalue weighted by Crippen LogP contribution is -1.97. The summed E-state index contributed by atoms with van der Waals surface area (Å²) in [7, 11) is 1.29. The zero-order chi connectivity index (χ0) is 12.3. The zero-order valence-corrected chi connectivity index (χ0v) is 9.49. The predicted octanol–water partition coefficient (Wildman–Crippen LogP) is 1.60. The molecule has 0 aliphatic rings. The number of hydrogen-bond acceptors (Lipinski definition) is 7. The number of rotatable bonds is 3. The first-order valence-electron chi connectivity index (χ1n) is 4.48. The monoisotopic (exact) mass is 254 g/mol. The average Bonchev–Trinajstić information content (AvgIpc) is 2.80. The molecule has 6 nitrogen and oxygen atoms in total. The molecule has 0 radical (unpaired) electrons. The predicted molar refractivity (Wildman–Crippen MR) is 58.7 cm³/mol. The first-order valence-corrected chi connectivity index (χ1v) is 5.29. The van der Waals surface area contributed by atoms with Crippen LogP contribution in [0.2, 0.25) is 0 Å². The van der Waals surface area contributed by atoms with Crippen molar-refractivity contribution in [2.45, 2.75) is 0 Å². The Balaban J connectivity index is 2.11. The molecule has 2 heterocycles. The molecule has 2 aromatic heterocycles. The van der Waals surface area contributed by atoms with E-state index in [9.17, 15) is 9.18 Å². The van der Waals surface area contributed by atoms with Crippen LogP contribution in [0.3, 0.4) is 0 Å². The van der Waals surface area contributed by atoms with Gasteiger partial charge >= 0.3 is 5.97 Å². The van der Waals surface area contributed by atoms with Gasteiger partial charge in [0.1, 0.15) is 4.88 Å². The van der Waals surface area contributed by atoms with Crippen LogP contribution in [0.15, 0.2) is 18.6 Å². The van der Waals surface area contributed by atoms with Crippen molar-refractivity contribution >= 4 is 28.4 Å². The highest BCUT2D eigenvalue weighted by atomic mass is 32.1. The molecule has 0 unspecified atom stereocenters. The smallest absolute Gasteiger partial charge is 0.349 e. The maximum Gasteiger partial charge on any atom is 0.349 e. The molecule has 2 rings (SSSR count). The van der Waals surface area contributed by atoms with E-state index in [4.69, 9.17) is 0 Å². The zero-order valence-electron chi connectivity index (χ0n) is 8.68. The molecule has 8 heteroatoms. The van der Waals surface area contributed by atoms with Crippen LogP contribution in [0.4, 0.5) is 15.5 Å². The van der Waals surface area contributed by atoms with Gasteiger partial charge in [-0.3, -0.25) is 0 Å². The lowest BCUT2D eigenvalue weighted by molar-refractivity contribution is 0.0606. The number of anilines is 2. The van der Waals surface area contributed by atoms with Gasteiger partial charge in [-0.2, -0.15) is 0 Å². The van der Waals surface area contributed by atoms with Crippen LogP contribution in [0.1, 0.15) is 9.67 Å². The van der Waals surface area contributed by atoms with Gasteiger partial charge in [0, 0.05) is 0 Å². The third-order valence-electron chi connectivity index (χ3n) is 1.73. The second-order valence-electron chi connectivity index (χ2n) is 2.87. The van der Waals surface area contributed by atoms with Gasteiger partial charge in [0.25, 0.3) is 0 Å². The number of ether oxygens (including phenoxy) is 1. The summed E-state index contributed by atoms with van der Waals surface area (Å²) in [5, 5.41) is 3.17. The number of hydrogen-bond donors (Lipinski definition) is 1. The third kappa shape index (κ3) is 2.72.